The summed E-state index contributed by atoms with van der Waals surface area (Å²) in [4.78, 5) is 0. The van der Waals surface area contributed by atoms with Crippen molar-refractivity contribution in [3.05, 3.63) is 83.4 Å². The first-order valence-electron chi connectivity index (χ1n) is 7.66. The predicted octanol–water partition coefficient (Wildman–Crippen LogP) is 5.47. The van der Waals surface area contributed by atoms with E-state index in [1.807, 2.05) is 24.3 Å². The minimum absolute atomic E-state index is 0.201. The normalized spacial score (nSPS) is 23.2. The predicted molar refractivity (Wildman–Crippen MR) is 85.0 cm³/mol. The van der Waals surface area contributed by atoms with Crippen molar-refractivity contribution in [2.45, 2.75) is 12.8 Å². The molecule has 110 valence electrons. The van der Waals surface area contributed by atoms with E-state index < -0.39 is 0 Å². The van der Waals surface area contributed by atoms with Gasteiger partial charge in [0.25, 0.3) is 0 Å². The summed E-state index contributed by atoms with van der Waals surface area (Å²) in [6, 6.07) is 13.5. The molecule has 2 heteroatoms. The van der Waals surface area contributed by atoms with Crippen LogP contribution in [0.5, 0.6) is 0 Å². The third-order valence-electron chi connectivity index (χ3n) is 4.70. The highest BCUT2D eigenvalue weighted by Crippen LogP contribution is 2.47. The monoisotopic (exact) mass is 294 g/mol. The van der Waals surface area contributed by atoms with Gasteiger partial charge >= 0.3 is 0 Å². The Bertz CT molecular complexity index is 684. The van der Waals surface area contributed by atoms with Gasteiger partial charge < -0.3 is 0 Å². The second kappa shape index (κ2) is 5.20. The molecular formula is C20H16F2. The SMILES string of the molecule is Fc1ccc(C2=C[C@@H]3CC[C@H]2C=C3c2ccc(F)cc2)cc1. The largest absolute Gasteiger partial charge is 0.207 e. The van der Waals surface area contributed by atoms with Gasteiger partial charge in [0, 0.05) is 11.8 Å². The van der Waals surface area contributed by atoms with E-state index in [9.17, 15) is 8.78 Å². The second-order valence-electron chi connectivity index (χ2n) is 6.05. The lowest BCUT2D eigenvalue weighted by Crippen LogP contribution is -2.20. The number of hydrogen-bond donors (Lipinski definition) is 0. The molecular weight excluding hydrogens is 278 g/mol. The molecule has 22 heavy (non-hydrogen) atoms. The van der Waals surface area contributed by atoms with Crippen LogP contribution in [0.1, 0.15) is 24.0 Å². The Morgan fingerprint density at radius 3 is 1.27 bits per heavy atom. The molecule has 5 rings (SSSR count). The van der Waals surface area contributed by atoms with Gasteiger partial charge in [-0.1, -0.05) is 36.4 Å². The summed E-state index contributed by atoms with van der Waals surface area (Å²) in [5, 5.41) is 0. The molecule has 0 fully saturated rings. The zero-order valence-corrected chi connectivity index (χ0v) is 12.1. The van der Waals surface area contributed by atoms with Crippen molar-refractivity contribution in [3.63, 3.8) is 0 Å². The summed E-state index contributed by atoms with van der Waals surface area (Å²) in [6.07, 6.45) is 6.86. The standard InChI is InChI=1S/C20H16F2/c21-17-7-3-13(4-8-17)19-12-16-2-1-15(19)11-20(16)14-5-9-18(22)10-6-14/h3-12,15-16H,1-2H2/t15-,16-/m0/s1. The highest BCUT2D eigenvalue weighted by Gasteiger charge is 2.30. The summed E-state index contributed by atoms with van der Waals surface area (Å²) in [6.45, 7) is 0. The van der Waals surface area contributed by atoms with E-state index in [0.717, 1.165) is 24.0 Å². The molecule has 0 aromatic heterocycles. The van der Waals surface area contributed by atoms with E-state index in [-0.39, 0.29) is 11.6 Å². The Kier molecular flexibility index (Phi) is 3.18. The van der Waals surface area contributed by atoms with Gasteiger partial charge in [0.05, 0.1) is 0 Å². The number of rotatable bonds is 2. The van der Waals surface area contributed by atoms with Gasteiger partial charge in [0.15, 0.2) is 0 Å². The van der Waals surface area contributed by atoms with Crippen LogP contribution >= 0.6 is 0 Å². The number of fused-ring (bicyclic) bond motifs is 1. The maximum absolute atomic E-state index is 13.1. The summed E-state index contributed by atoms with van der Waals surface area (Å²) in [5.41, 5.74) is 4.79. The second-order valence-corrected chi connectivity index (χ2v) is 6.05. The lowest BCUT2D eigenvalue weighted by Gasteiger charge is -2.35. The third kappa shape index (κ3) is 2.29. The number of allylic oxidation sites excluding steroid dienone is 4. The van der Waals surface area contributed by atoms with Crippen LogP contribution in [0.25, 0.3) is 11.1 Å². The van der Waals surface area contributed by atoms with Crippen LogP contribution in [0, 0.1) is 23.5 Å². The summed E-state index contributed by atoms with van der Waals surface area (Å²) in [5.74, 6) is 0.340. The molecule has 0 aliphatic heterocycles. The average molecular weight is 294 g/mol. The Labute approximate surface area is 128 Å². The quantitative estimate of drug-likeness (QED) is 0.689. The van der Waals surface area contributed by atoms with Gasteiger partial charge in [-0.2, -0.15) is 0 Å². The van der Waals surface area contributed by atoms with Crippen LogP contribution in [0.2, 0.25) is 0 Å². The van der Waals surface area contributed by atoms with Gasteiger partial charge in [0.2, 0.25) is 0 Å². The zero-order valence-electron chi connectivity index (χ0n) is 12.1. The molecule has 0 heterocycles. The van der Waals surface area contributed by atoms with E-state index in [4.69, 9.17) is 0 Å². The van der Waals surface area contributed by atoms with Crippen molar-refractivity contribution >= 4 is 11.1 Å². The van der Waals surface area contributed by atoms with E-state index in [1.165, 1.54) is 35.4 Å². The molecule has 0 amide bonds. The zero-order chi connectivity index (χ0) is 15.1. The van der Waals surface area contributed by atoms with Crippen LogP contribution in [0.4, 0.5) is 8.78 Å². The lowest BCUT2D eigenvalue weighted by atomic mass is 9.69. The van der Waals surface area contributed by atoms with Crippen molar-refractivity contribution in [2.75, 3.05) is 0 Å². The van der Waals surface area contributed by atoms with Crippen molar-refractivity contribution in [2.24, 2.45) is 11.8 Å². The molecule has 2 bridgehead atoms. The molecule has 0 unspecified atom stereocenters. The third-order valence-corrected chi connectivity index (χ3v) is 4.70. The Morgan fingerprint density at radius 1 is 0.591 bits per heavy atom. The summed E-state index contributed by atoms with van der Waals surface area (Å²) in [7, 11) is 0. The minimum atomic E-state index is -0.201. The summed E-state index contributed by atoms with van der Waals surface area (Å²) < 4.78 is 26.2. The van der Waals surface area contributed by atoms with Crippen molar-refractivity contribution in [1.82, 2.24) is 0 Å². The first kappa shape index (κ1) is 13.4. The van der Waals surface area contributed by atoms with E-state index in [0.29, 0.717) is 11.8 Å². The smallest absolute Gasteiger partial charge is 0.123 e. The lowest BCUT2D eigenvalue weighted by molar-refractivity contribution is 0.556. The van der Waals surface area contributed by atoms with Gasteiger partial charge in [-0.3, -0.25) is 0 Å². The fourth-order valence-electron chi connectivity index (χ4n) is 3.60. The van der Waals surface area contributed by atoms with Crippen LogP contribution in [-0.2, 0) is 0 Å². The van der Waals surface area contributed by atoms with Crippen molar-refractivity contribution in [3.8, 4) is 0 Å². The molecule has 2 atom stereocenters. The van der Waals surface area contributed by atoms with Crippen molar-refractivity contribution < 1.29 is 8.78 Å². The fourth-order valence-corrected chi connectivity index (χ4v) is 3.60. The number of hydrogen-bond acceptors (Lipinski definition) is 0. The molecule has 2 aromatic carbocycles. The Morgan fingerprint density at radius 2 is 0.955 bits per heavy atom. The van der Waals surface area contributed by atoms with Crippen LogP contribution in [0.15, 0.2) is 60.7 Å². The molecule has 0 spiro atoms. The molecule has 2 aromatic rings. The fraction of sp³-hybridized carbons (Fsp3) is 0.200. The molecule has 3 aliphatic carbocycles. The van der Waals surface area contributed by atoms with E-state index in [1.54, 1.807) is 0 Å². The maximum Gasteiger partial charge on any atom is 0.123 e. The van der Waals surface area contributed by atoms with E-state index >= 15 is 0 Å². The van der Waals surface area contributed by atoms with Gasteiger partial charge in [-0.25, -0.2) is 8.78 Å². The van der Waals surface area contributed by atoms with Crippen LogP contribution in [-0.4, -0.2) is 0 Å². The Hall–Kier alpha value is -2.22. The molecule has 0 radical (unpaired) electrons. The van der Waals surface area contributed by atoms with Gasteiger partial charge in [0.1, 0.15) is 11.6 Å². The highest BCUT2D eigenvalue weighted by molar-refractivity contribution is 5.82. The molecule has 3 aliphatic rings. The van der Waals surface area contributed by atoms with Crippen LogP contribution < -0.4 is 0 Å². The minimum Gasteiger partial charge on any atom is -0.207 e. The van der Waals surface area contributed by atoms with Gasteiger partial charge in [-0.15, -0.1) is 0 Å². The first-order valence-corrected chi connectivity index (χ1v) is 7.66. The average Bonchev–Trinajstić information content (AvgIpc) is 2.56. The van der Waals surface area contributed by atoms with Gasteiger partial charge in [-0.05, 0) is 59.4 Å². The van der Waals surface area contributed by atoms with Crippen LogP contribution in [0.3, 0.4) is 0 Å². The first-order chi connectivity index (χ1) is 10.7. The molecule has 0 saturated carbocycles. The molecule has 0 nitrogen and oxygen atoms in total. The number of halogens is 2. The summed E-state index contributed by atoms with van der Waals surface area (Å²) >= 11 is 0. The molecule has 0 saturated heterocycles. The van der Waals surface area contributed by atoms with E-state index in [2.05, 4.69) is 12.2 Å². The van der Waals surface area contributed by atoms with Crippen molar-refractivity contribution in [1.29, 1.82) is 0 Å². The maximum atomic E-state index is 13.1. The molecule has 0 N–H and O–H groups in total. The topological polar surface area (TPSA) is 0 Å². The highest BCUT2D eigenvalue weighted by atomic mass is 19.1. The Balaban J connectivity index is 1.68. The number of benzene rings is 2.